The van der Waals surface area contributed by atoms with Gasteiger partial charge in [-0.05, 0) is 25.3 Å². The van der Waals surface area contributed by atoms with E-state index in [0.29, 0.717) is 25.7 Å². The maximum absolute atomic E-state index is 11.8. The van der Waals surface area contributed by atoms with Gasteiger partial charge in [-0.3, -0.25) is 4.79 Å². The summed E-state index contributed by atoms with van der Waals surface area (Å²) in [6.45, 7) is 7.24. The van der Waals surface area contributed by atoms with Gasteiger partial charge < -0.3 is 14.8 Å². The number of hydrogen-bond donors (Lipinski definition) is 1. The van der Waals surface area contributed by atoms with Gasteiger partial charge >= 0.3 is 5.97 Å². The molecule has 4 heteroatoms. The Morgan fingerprint density at radius 1 is 1.44 bits per heavy atom. The van der Waals surface area contributed by atoms with Crippen LogP contribution in [0.3, 0.4) is 0 Å². The van der Waals surface area contributed by atoms with Crippen molar-refractivity contribution in [3.63, 3.8) is 0 Å². The van der Waals surface area contributed by atoms with Gasteiger partial charge in [-0.15, -0.1) is 0 Å². The maximum atomic E-state index is 11.8. The van der Waals surface area contributed by atoms with Crippen molar-refractivity contribution in [3.05, 3.63) is 0 Å². The fraction of sp³-hybridized carbons (Fsp3) is 0.917. The molecule has 0 aromatic rings. The lowest BCUT2D eigenvalue weighted by Crippen LogP contribution is -2.46. The van der Waals surface area contributed by atoms with Crippen LogP contribution in [0.4, 0.5) is 0 Å². The molecule has 4 nitrogen and oxygen atoms in total. The average molecular weight is 229 g/mol. The largest absolute Gasteiger partial charge is 0.469 e. The van der Waals surface area contributed by atoms with E-state index in [0.717, 1.165) is 19.4 Å². The Labute approximate surface area is 97.7 Å². The summed E-state index contributed by atoms with van der Waals surface area (Å²) in [4.78, 5) is 11.8. The van der Waals surface area contributed by atoms with E-state index in [9.17, 15) is 4.79 Å². The number of rotatable bonds is 5. The Kier molecular flexibility index (Phi) is 5.22. The summed E-state index contributed by atoms with van der Waals surface area (Å²) in [5.41, 5.74) is -0.373. The standard InChI is InChI=1S/C12H23NO3/c1-10(2)8-13-9-12(11(14)15-3)4-6-16-7-5-12/h10,13H,4-9H2,1-3H3. The Balaban J connectivity index is 2.52. The zero-order valence-corrected chi connectivity index (χ0v) is 10.5. The van der Waals surface area contributed by atoms with Crippen LogP contribution in [-0.4, -0.2) is 39.4 Å². The minimum Gasteiger partial charge on any atom is -0.469 e. The second-order valence-electron chi connectivity index (χ2n) is 4.91. The molecule has 94 valence electrons. The van der Waals surface area contributed by atoms with Gasteiger partial charge in [0.2, 0.25) is 0 Å². The number of carbonyl (C=O) groups excluding carboxylic acids is 1. The Morgan fingerprint density at radius 2 is 2.06 bits per heavy atom. The van der Waals surface area contributed by atoms with E-state index in [1.807, 2.05) is 0 Å². The van der Waals surface area contributed by atoms with E-state index in [-0.39, 0.29) is 11.4 Å². The summed E-state index contributed by atoms with van der Waals surface area (Å²) in [5.74, 6) is 0.488. The van der Waals surface area contributed by atoms with Crippen molar-refractivity contribution >= 4 is 5.97 Å². The second kappa shape index (κ2) is 6.21. The van der Waals surface area contributed by atoms with Crippen molar-refractivity contribution < 1.29 is 14.3 Å². The summed E-state index contributed by atoms with van der Waals surface area (Å²) in [6, 6.07) is 0. The quantitative estimate of drug-likeness (QED) is 0.720. The van der Waals surface area contributed by atoms with E-state index in [1.54, 1.807) is 0 Å². The number of hydrogen-bond acceptors (Lipinski definition) is 4. The van der Waals surface area contributed by atoms with E-state index in [4.69, 9.17) is 9.47 Å². The Bertz CT molecular complexity index is 222. The average Bonchev–Trinajstić information content (AvgIpc) is 2.28. The number of methoxy groups -OCH3 is 1. The predicted molar refractivity (Wildman–Crippen MR) is 62.2 cm³/mol. The highest BCUT2D eigenvalue weighted by Crippen LogP contribution is 2.31. The number of nitrogens with one attached hydrogen (secondary N) is 1. The van der Waals surface area contributed by atoms with Gasteiger partial charge in [0, 0.05) is 19.8 Å². The van der Waals surface area contributed by atoms with Gasteiger partial charge in [0.05, 0.1) is 12.5 Å². The third-order valence-electron chi connectivity index (χ3n) is 3.08. The second-order valence-corrected chi connectivity index (χ2v) is 4.91. The molecule has 16 heavy (non-hydrogen) atoms. The summed E-state index contributed by atoms with van der Waals surface area (Å²) < 4.78 is 10.2. The van der Waals surface area contributed by atoms with Crippen molar-refractivity contribution in [2.75, 3.05) is 33.4 Å². The molecule has 0 spiro atoms. The van der Waals surface area contributed by atoms with E-state index >= 15 is 0 Å². The summed E-state index contributed by atoms with van der Waals surface area (Å²) >= 11 is 0. The zero-order valence-electron chi connectivity index (χ0n) is 10.5. The third-order valence-corrected chi connectivity index (χ3v) is 3.08. The maximum Gasteiger partial charge on any atom is 0.313 e. The molecule has 0 saturated carbocycles. The fourth-order valence-corrected chi connectivity index (χ4v) is 2.03. The molecule has 0 aromatic heterocycles. The van der Waals surface area contributed by atoms with Gasteiger partial charge in [-0.2, -0.15) is 0 Å². The molecule has 0 atom stereocenters. The predicted octanol–water partition coefficient (Wildman–Crippen LogP) is 1.20. The lowest BCUT2D eigenvalue weighted by Gasteiger charge is -2.34. The first-order chi connectivity index (χ1) is 7.60. The molecule has 1 N–H and O–H groups in total. The van der Waals surface area contributed by atoms with E-state index in [1.165, 1.54) is 7.11 Å². The number of esters is 1. The molecule has 0 aliphatic carbocycles. The highest BCUT2D eigenvalue weighted by molar-refractivity contribution is 5.77. The minimum absolute atomic E-state index is 0.105. The zero-order chi connectivity index (χ0) is 12.0. The third kappa shape index (κ3) is 3.46. The molecule has 0 radical (unpaired) electrons. The van der Waals surface area contributed by atoms with Crippen LogP contribution in [0.1, 0.15) is 26.7 Å². The van der Waals surface area contributed by atoms with Crippen molar-refractivity contribution in [2.45, 2.75) is 26.7 Å². The van der Waals surface area contributed by atoms with Gasteiger partial charge in [0.25, 0.3) is 0 Å². The van der Waals surface area contributed by atoms with Crippen LogP contribution in [0.2, 0.25) is 0 Å². The summed E-state index contributed by atoms with van der Waals surface area (Å²) in [6.07, 6.45) is 1.51. The molecule has 1 heterocycles. The molecule has 1 saturated heterocycles. The smallest absolute Gasteiger partial charge is 0.313 e. The number of carbonyl (C=O) groups is 1. The molecule has 1 aliphatic rings. The first kappa shape index (κ1) is 13.5. The number of ether oxygens (including phenoxy) is 2. The topological polar surface area (TPSA) is 47.6 Å². The van der Waals surface area contributed by atoms with Crippen LogP contribution in [0.5, 0.6) is 0 Å². The van der Waals surface area contributed by atoms with Gasteiger partial charge in [0.15, 0.2) is 0 Å². The van der Waals surface area contributed by atoms with Crippen molar-refractivity contribution in [3.8, 4) is 0 Å². The van der Waals surface area contributed by atoms with Crippen LogP contribution in [0.15, 0.2) is 0 Å². The van der Waals surface area contributed by atoms with Crippen LogP contribution < -0.4 is 5.32 Å². The molecule has 1 aliphatic heterocycles. The first-order valence-electron chi connectivity index (χ1n) is 5.97. The van der Waals surface area contributed by atoms with Crippen LogP contribution in [0.25, 0.3) is 0 Å². The molecule has 1 rings (SSSR count). The highest BCUT2D eigenvalue weighted by Gasteiger charge is 2.40. The van der Waals surface area contributed by atoms with Crippen LogP contribution in [0, 0.1) is 11.3 Å². The van der Waals surface area contributed by atoms with Crippen molar-refractivity contribution in [1.29, 1.82) is 0 Å². The SMILES string of the molecule is COC(=O)C1(CNCC(C)C)CCOCC1. The normalized spacial score (nSPS) is 19.8. The first-order valence-corrected chi connectivity index (χ1v) is 5.97. The lowest BCUT2D eigenvalue weighted by atomic mass is 9.80. The summed E-state index contributed by atoms with van der Waals surface area (Å²) in [7, 11) is 1.46. The highest BCUT2D eigenvalue weighted by atomic mass is 16.5. The Hall–Kier alpha value is -0.610. The molecule has 0 aromatic carbocycles. The van der Waals surface area contributed by atoms with Crippen LogP contribution in [-0.2, 0) is 14.3 Å². The molecular weight excluding hydrogens is 206 g/mol. The van der Waals surface area contributed by atoms with Crippen LogP contribution >= 0.6 is 0 Å². The molecule has 1 fully saturated rings. The molecule has 0 bridgehead atoms. The minimum atomic E-state index is -0.373. The van der Waals surface area contributed by atoms with Gasteiger partial charge in [0.1, 0.15) is 0 Å². The lowest BCUT2D eigenvalue weighted by molar-refractivity contribution is -0.158. The van der Waals surface area contributed by atoms with E-state index in [2.05, 4.69) is 19.2 Å². The molecule has 0 amide bonds. The van der Waals surface area contributed by atoms with Crippen molar-refractivity contribution in [1.82, 2.24) is 5.32 Å². The van der Waals surface area contributed by atoms with Gasteiger partial charge in [-0.25, -0.2) is 0 Å². The van der Waals surface area contributed by atoms with Crippen molar-refractivity contribution in [2.24, 2.45) is 11.3 Å². The molecule has 0 unspecified atom stereocenters. The monoisotopic (exact) mass is 229 g/mol. The Morgan fingerprint density at radius 3 is 2.56 bits per heavy atom. The molecular formula is C12H23NO3. The van der Waals surface area contributed by atoms with E-state index < -0.39 is 0 Å². The summed E-state index contributed by atoms with van der Waals surface area (Å²) in [5, 5.41) is 3.35. The van der Waals surface area contributed by atoms with Gasteiger partial charge in [-0.1, -0.05) is 13.8 Å². The fourth-order valence-electron chi connectivity index (χ4n) is 2.03.